The fourth-order valence-electron chi connectivity index (χ4n) is 2.19. The van der Waals surface area contributed by atoms with Gasteiger partial charge >= 0.3 is 0 Å². The second-order valence-corrected chi connectivity index (χ2v) is 6.17. The average molecular weight is 363 g/mol. The molecule has 1 unspecified atom stereocenters. The molecule has 108 valence electrons. The molecule has 1 aromatic carbocycles. The third-order valence-corrected chi connectivity index (χ3v) is 4.29. The number of halogens is 3. The van der Waals surface area contributed by atoms with E-state index in [4.69, 9.17) is 11.6 Å². The summed E-state index contributed by atoms with van der Waals surface area (Å²) in [4.78, 5) is 25.2. The van der Waals surface area contributed by atoms with E-state index in [0.29, 0.717) is 24.0 Å². The topological polar surface area (TPSA) is 37.4 Å². The van der Waals surface area contributed by atoms with Crippen molar-refractivity contribution in [3.8, 4) is 0 Å². The van der Waals surface area contributed by atoms with Crippen LogP contribution in [-0.2, 0) is 4.79 Å². The highest BCUT2D eigenvalue weighted by Gasteiger charge is 2.36. The summed E-state index contributed by atoms with van der Waals surface area (Å²) in [5.74, 6) is -0.738. The molecule has 6 heteroatoms. The van der Waals surface area contributed by atoms with Gasteiger partial charge in [0.2, 0.25) is 0 Å². The summed E-state index contributed by atoms with van der Waals surface area (Å²) in [6.07, 6.45) is 1.57. The fraction of sp³-hybridized carbons (Fsp3) is 0.429. The Bertz CT molecular complexity index is 564. The Morgan fingerprint density at radius 1 is 1.35 bits per heavy atom. The zero-order chi connectivity index (χ0) is 14.9. The van der Waals surface area contributed by atoms with Gasteiger partial charge in [-0.15, -0.1) is 11.6 Å². The van der Waals surface area contributed by atoms with E-state index in [0.717, 1.165) is 12.8 Å². The Morgan fingerprint density at radius 2 is 2.05 bits per heavy atom. The maximum atomic E-state index is 13.6. The average Bonchev–Trinajstić information content (AvgIpc) is 2.62. The molecule has 0 spiro atoms. The van der Waals surface area contributed by atoms with Crippen LogP contribution in [0.2, 0.25) is 0 Å². The molecule has 1 aromatic rings. The van der Waals surface area contributed by atoms with E-state index in [2.05, 4.69) is 15.9 Å². The second-order valence-electron chi connectivity index (χ2n) is 4.94. The minimum Gasteiger partial charge on any atom is -0.305 e. The molecule has 0 fully saturated rings. The van der Waals surface area contributed by atoms with Crippen LogP contribution in [0.4, 0.5) is 10.1 Å². The number of benzene rings is 1. The van der Waals surface area contributed by atoms with E-state index in [1.807, 2.05) is 6.92 Å². The summed E-state index contributed by atoms with van der Waals surface area (Å²) in [6, 6.07) is 2.60. The maximum Gasteiger partial charge on any atom is 0.299 e. The minimum absolute atomic E-state index is 0.190. The fourth-order valence-corrected chi connectivity index (χ4v) is 2.91. The van der Waals surface area contributed by atoms with Gasteiger partial charge in [0.05, 0.1) is 15.7 Å². The standard InChI is InChI=1S/C14H14BrClFNO2/c1-8(2-4-16)3-5-18-12-7-11(17)10(15)6-9(12)13(19)14(18)20/h6-8H,2-5H2,1H3. The number of Topliss-reactive ketones (excluding diaryl/α,β-unsaturated/α-hetero) is 1. The molecule has 0 bridgehead atoms. The summed E-state index contributed by atoms with van der Waals surface area (Å²) in [5, 5.41) is 0. The lowest BCUT2D eigenvalue weighted by molar-refractivity contribution is -0.114. The van der Waals surface area contributed by atoms with Crippen molar-refractivity contribution in [3.63, 3.8) is 0 Å². The first-order chi connectivity index (χ1) is 9.45. The van der Waals surface area contributed by atoms with E-state index < -0.39 is 17.5 Å². The van der Waals surface area contributed by atoms with Gasteiger partial charge < -0.3 is 4.90 Å². The summed E-state index contributed by atoms with van der Waals surface area (Å²) in [6.45, 7) is 2.44. The maximum absolute atomic E-state index is 13.6. The quantitative estimate of drug-likeness (QED) is 0.590. The van der Waals surface area contributed by atoms with E-state index in [1.165, 1.54) is 17.0 Å². The van der Waals surface area contributed by atoms with Crippen LogP contribution in [0.5, 0.6) is 0 Å². The molecule has 3 nitrogen and oxygen atoms in total. The summed E-state index contributed by atoms with van der Waals surface area (Å²) >= 11 is 8.70. The van der Waals surface area contributed by atoms with E-state index in [1.54, 1.807) is 0 Å². The lowest BCUT2D eigenvalue weighted by atomic mass is 10.1. The Balaban J connectivity index is 2.22. The van der Waals surface area contributed by atoms with Crippen LogP contribution in [0.15, 0.2) is 16.6 Å². The van der Waals surface area contributed by atoms with Crippen LogP contribution in [-0.4, -0.2) is 24.1 Å². The summed E-state index contributed by atoms with van der Waals surface area (Å²) in [7, 11) is 0. The molecule has 0 aromatic heterocycles. The number of carbonyl (C=O) groups excluding carboxylic acids is 2. The normalized spacial score (nSPS) is 15.7. The second kappa shape index (κ2) is 6.22. The van der Waals surface area contributed by atoms with Gasteiger partial charge in [-0.2, -0.15) is 0 Å². The molecule has 0 N–H and O–H groups in total. The first-order valence-corrected chi connectivity index (χ1v) is 7.69. The van der Waals surface area contributed by atoms with Crippen LogP contribution in [0, 0.1) is 11.7 Å². The smallest absolute Gasteiger partial charge is 0.299 e. The first-order valence-electron chi connectivity index (χ1n) is 6.37. The number of anilines is 1. The minimum atomic E-state index is -0.587. The highest BCUT2D eigenvalue weighted by atomic mass is 79.9. The number of rotatable bonds is 5. The molecule has 20 heavy (non-hydrogen) atoms. The van der Waals surface area contributed by atoms with Crippen molar-refractivity contribution in [1.29, 1.82) is 0 Å². The van der Waals surface area contributed by atoms with Crippen molar-refractivity contribution in [2.75, 3.05) is 17.3 Å². The van der Waals surface area contributed by atoms with Gasteiger partial charge in [0.1, 0.15) is 5.82 Å². The van der Waals surface area contributed by atoms with Gasteiger partial charge in [-0.1, -0.05) is 6.92 Å². The van der Waals surface area contributed by atoms with Crippen LogP contribution < -0.4 is 4.90 Å². The number of carbonyl (C=O) groups is 2. The highest BCUT2D eigenvalue weighted by molar-refractivity contribution is 9.10. The largest absolute Gasteiger partial charge is 0.305 e. The number of amides is 1. The SMILES string of the molecule is CC(CCCl)CCN1C(=O)C(=O)c2cc(Br)c(F)cc21. The Kier molecular flexibility index (Phi) is 4.81. The zero-order valence-corrected chi connectivity index (χ0v) is 13.3. The number of ketones is 1. The van der Waals surface area contributed by atoms with Crippen LogP contribution in [0.3, 0.4) is 0 Å². The number of hydrogen-bond acceptors (Lipinski definition) is 2. The van der Waals surface area contributed by atoms with Gasteiger partial charge in [0.25, 0.3) is 11.7 Å². The van der Waals surface area contributed by atoms with Crippen molar-refractivity contribution < 1.29 is 14.0 Å². The molecule has 1 aliphatic rings. The number of hydrogen-bond donors (Lipinski definition) is 0. The molecule has 1 atom stereocenters. The molecule has 1 aliphatic heterocycles. The Morgan fingerprint density at radius 3 is 2.70 bits per heavy atom. The molecule has 0 saturated carbocycles. The predicted octanol–water partition coefficient (Wildman–Crippen LogP) is 3.77. The Hall–Kier alpha value is -0.940. The zero-order valence-electron chi connectivity index (χ0n) is 11.0. The van der Waals surface area contributed by atoms with Crippen LogP contribution in [0.25, 0.3) is 0 Å². The molecular weight excluding hydrogens is 349 g/mol. The number of alkyl halides is 1. The van der Waals surface area contributed by atoms with Gasteiger partial charge in [-0.05, 0) is 46.8 Å². The Labute approximate surface area is 130 Å². The first kappa shape index (κ1) is 15.4. The molecule has 0 aliphatic carbocycles. The molecule has 0 saturated heterocycles. The van der Waals surface area contributed by atoms with Gasteiger partial charge in [-0.25, -0.2) is 4.39 Å². The summed E-state index contributed by atoms with van der Waals surface area (Å²) < 4.78 is 13.8. The van der Waals surface area contributed by atoms with Crippen molar-refractivity contribution in [2.45, 2.75) is 19.8 Å². The monoisotopic (exact) mass is 361 g/mol. The van der Waals surface area contributed by atoms with Crippen molar-refractivity contribution >= 4 is 44.9 Å². The van der Waals surface area contributed by atoms with Crippen molar-refractivity contribution in [3.05, 3.63) is 28.0 Å². The third kappa shape index (κ3) is 2.88. The molecule has 0 radical (unpaired) electrons. The summed E-state index contributed by atoms with van der Waals surface area (Å²) in [5.41, 5.74) is 0.618. The third-order valence-electron chi connectivity index (χ3n) is 3.46. The van der Waals surface area contributed by atoms with Crippen LogP contribution in [0.1, 0.15) is 30.1 Å². The van der Waals surface area contributed by atoms with Gasteiger partial charge in [0.15, 0.2) is 0 Å². The van der Waals surface area contributed by atoms with Crippen molar-refractivity contribution in [1.82, 2.24) is 0 Å². The molecule has 1 heterocycles. The van der Waals surface area contributed by atoms with Crippen LogP contribution >= 0.6 is 27.5 Å². The molecule has 1 amide bonds. The number of nitrogens with zero attached hydrogens (tertiary/aromatic N) is 1. The van der Waals surface area contributed by atoms with E-state index >= 15 is 0 Å². The van der Waals surface area contributed by atoms with E-state index in [9.17, 15) is 14.0 Å². The predicted molar refractivity (Wildman–Crippen MR) is 79.9 cm³/mol. The highest BCUT2D eigenvalue weighted by Crippen LogP contribution is 2.33. The van der Waals surface area contributed by atoms with Gasteiger partial charge in [-0.3, -0.25) is 9.59 Å². The lowest BCUT2D eigenvalue weighted by Gasteiger charge is -2.19. The molecule has 2 rings (SSSR count). The molecular formula is C14H14BrClFNO2. The van der Waals surface area contributed by atoms with Gasteiger partial charge in [0, 0.05) is 12.4 Å². The van der Waals surface area contributed by atoms with Crippen molar-refractivity contribution in [2.24, 2.45) is 5.92 Å². The van der Waals surface area contributed by atoms with E-state index in [-0.39, 0.29) is 10.0 Å². The lowest BCUT2D eigenvalue weighted by Crippen LogP contribution is -2.31. The number of fused-ring (bicyclic) bond motifs is 1.